The van der Waals surface area contributed by atoms with E-state index < -0.39 is 41.6 Å². The van der Waals surface area contributed by atoms with Crippen LogP contribution in [0.25, 0.3) is 0 Å². The normalized spacial score (nSPS) is 22.3. The molecule has 0 aromatic carbocycles. The summed E-state index contributed by atoms with van der Waals surface area (Å²) >= 11 is 0. The van der Waals surface area contributed by atoms with Crippen molar-refractivity contribution in [2.45, 2.75) is 59.5 Å². The molecule has 2 heterocycles. The van der Waals surface area contributed by atoms with Gasteiger partial charge >= 0.3 is 17.6 Å². The third-order valence-electron chi connectivity index (χ3n) is 4.24. The second kappa shape index (κ2) is 8.51. The molecule has 9 heteroatoms. The number of esters is 2. The molecule has 150 valence electrons. The highest BCUT2D eigenvalue weighted by Crippen LogP contribution is 2.31. The van der Waals surface area contributed by atoms with Crippen molar-refractivity contribution in [2.24, 2.45) is 11.8 Å². The van der Waals surface area contributed by atoms with Crippen LogP contribution < -0.4 is 11.2 Å². The van der Waals surface area contributed by atoms with E-state index in [1.54, 1.807) is 34.6 Å². The zero-order valence-electron chi connectivity index (χ0n) is 16.2. The standard InChI is InChI=1S/C18H26N2O7/c1-9(2)16(22)25-8-13-12(27-17(23)10(3)4)6-14(26-13)20-7-11(5)15(21)19-18(20)24/h7,9-10,12-14H,6,8H2,1-5H3,(H,19,21,24)/t12-,13+,14+/m0/s1. The predicted molar refractivity (Wildman–Crippen MR) is 95.1 cm³/mol. The first-order valence-corrected chi connectivity index (χ1v) is 8.94. The molecule has 1 aliphatic rings. The Kier molecular flexibility index (Phi) is 6.59. The van der Waals surface area contributed by atoms with Gasteiger partial charge in [0.2, 0.25) is 0 Å². The third-order valence-corrected chi connectivity index (χ3v) is 4.24. The highest BCUT2D eigenvalue weighted by molar-refractivity contribution is 5.72. The SMILES string of the molecule is Cc1cn([C@H]2C[C@H](OC(=O)C(C)C)[C@@H](COC(=O)C(C)C)O2)c(=O)[nH]c1=O. The van der Waals surface area contributed by atoms with Gasteiger partial charge in [-0.25, -0.2) is 4.79 Å². The van der Waals surface area contributed by atoms with Gasteiger partial charge in [-0.3, -0.25) is 23.9 Å². The Balaban J connectivity index is 2.21. The largest absolute Gasteiger partial charge is 0.463 e. The molecule has 1 fully saturated rings. The maximum absolute atomic E-state index is 12.1. The van der Waals surface area contributed by atoms with Gasteiger partial charge in [-0.05, 0) is 6.92 Å². The molecule has 0 aliphatic carbocycles. The minimum absolute atomic E-state index is 0.0966. The van der Waals surface area contributed by atoms with Gasteiger partial charge in [0.05, 0.1) is 11.8 Å². The number of carbonyl (C=O) groups excluding carboxylic acids is 2. The van der Waals surface area contributed by atoms with Crippen molar-refractivity contribution in [1.29, 1.82) is 0 Å². The summed E-state index contributed by atoms with van der Waals surface area (Å²) in [7, 11) is 0. The molecule has 1 aromatic rings. The average Bonchev–Trinajstić information content (AvgIpc) is 2.98. The average molecular weight is 382 g/mol. The lowest BCUT2D eigenvalue weighted by Gasteiger charge is -2.20. The van der Waals surface area contributed by atoms with Gasteiger partial charge in [0.15, 0.2) is 0 Å². The lowest BCUT2D eigenvalue weighted by molar-refractivity contribution is -0.162. The van der Waals surface area contributed by atoms with E-state index in [0.717, 1.165) is 0 Å². The highest BCUT2D eigenvalue weighted by Gasteiger charge is 2.40. The molecule has 9 nitrogen and oxygen atoms in total. The number of ether oxygens (including phenoxy) is 3. The summed E-state index contributed by atoms with van der Waals surface area (Å²) < 4.78 is 17.8. The van der Waals surface area contributed by atoms with E-state index in [9.17, 15) is 19.2 Å². The fraction of sp³-hybridized carbons (Fsp3) is 0.667. The topological polar surface area (TPSA) is 117 Å². The molecule has 0 radical (unpaired) electrons. The molecule has 0 saturated carbocycles. The van der Waals surface area contributed by atoms with Crippen LogP contribution in [0.4, 0.5) is 0 Å². The molecule has 3 atom stereocenters. The van der Waals surface area contributed by atoms with Crippen LogP contribution in [0.3, 0.4) is 0 Å². The number of rotatable bonds is 6. The monoisotopic (exact) mass is 382 g/mol. The number of hydrogen-bond acceptors (Lipinski definition) is 7. The maximum Gasteiger partial charge on any atom is 0.330 e. The van der Waals surface area contributed by atoms with Crippen LogP contribution in [0.5, 0.6) is 0 Å². The summed E-state index contributed by atoms with van der Waals surface area (Å²) in [5, 5.41) is 0. The van der Waals surface area contributed by atoms with Crippen LogP contribution in [0.2, 0.25) is 0 Å². The fourth-order valence-electron chi connectivity index (χ4n) is 2.56. The summed E-state index contributed by atoms with van der Waals surface area (Å²) in [6.07, 6.45) is -0.534. The number of aromatic nitrogens is 2. The molecule has 2 rings (SSSR count). The molecule has 0 amide bonds. The van der Waals surface area contributed by atoms with E-state index in [2.05, 4.69) is 4.98 Å². The van der Waals surface area contributed by atoms with E-state index >= 15 is 0 Å². The number of carbonyl (C=O) groups is 2. The first kappa shape index (κ1) is 20.9. The Labute approximate surface area is 156 Å². The maximum atomic E-state index is 12.1. The first-order chi connectivity index (χ1) is 12.6. The number of aromatic amines is 1. The lowest BCUT2D eigenvalue weighted by Crippen LogP contribution is -2.34. The molecule has 0 unspecified atom stereocenters. The van der Waals surface area contributed by atoms with Crippen LogP contribution in [0.1, 0.15) is 45.9 Å². The molecule has 1 N–H and O–H groups in total. The van der Waals surface area contributed by atoms with Gasteiger partial charge in [0, 0.05) is 18.2 Å². The number of nitrogens with one attached hydrogen (secondary N) is 1. The van der Waals surface area contributed by atoms with Crippen LogP contribution in [-0.4, -0.2) is 40.3 Å². The molecule has 1 saturated heterocycles. The van der Waals surface area contributed by atoms with Gasteiger partial charge in [-0.15, -0.1) is 0 Å². The highest BCUT2D eigenvalue weighted by atomic mass is 16.6. The van der Waals surface area contributed by atoms with E-state index in [-0.39, 0.29) is 24.9 Å². The molecule has 27 heavy (non-hydrogen) atoms. The number of aryl methyl sites for hydroxylation is 1. The van der Waals surface area contributed by atoms with Crippen molar-refractivity contribution >= 4 is 11.9 Å². The molecule has 0 bridgehead atoms. The smallest absolute Gasteiger partial charge is 0.330 e. The van der Waals surface area contributed by atoms with Crippen molar-refractivity contribution in [3.63, 3.8) is 0 Å². The summed E-state index contributed by atoms with van der Waals surface area (Å²) in [5.41, 5.74) is -0.743. The van der Waals surface area contributed by atoms with Crippen molar-refractivity contribution in [3.05, 3.63) is 32.6 Å². The van der Waals surface area contributed by atoms with Crippen LogP contribution in [0, 0.1) is 18.8 Å². The van der Waals surface area contributed by atoms with Gasteiger partial charge in [-0.2, -0.15) is 0 Å². The Bertz CT molecular complexity index is 809. The Morgan fingerprint density at radius 1 is 1.22 bits per heavy atom. The fourth-order valence-corrected chi connectivity index (χ4v) is 2.56. The van der Waals surface area contributed by atoms with Crippen molar-refractivity contribution < 1.29 is 23.8 Å². The molecular weight excluding hydrogens is 356 g/mol. The summed E-state index contributed by atoms with van der Waals surface area (Å²) in [5.74, 6) is -1.44. The van der Waals surface area contributed by atoms with Gasteiger partial charge in [-0.1, -0.05) is 27.7 Å². The second-order valence-electron chi connectivity index (χ2n) is 7.26. The minimum atomic E-state index is -0.749. The molecular formula is C18H26N2O7. The first-order valence-electron chi connectivity index (χ1n) is 8.94. The summed E-state index contributed by atoms with van der Waals surface area (Å²) in [6.45, 7) is 8.31. The van der Waals surface area contributed by atoms with E-state index in [0.29, 0.717) is 5.56 Å². The van der Waals surface area contributed by atoms with Crippen LogP contribution >= 0.6 is 0 Å². The summed E-state index contributed by atoms with van der Waals surface area (Å²) in [4.78, 5) is 49.6. The van der Waals surface area contributed by atoms with E-state index in [1.807, 2.05) is 0 Å². The van der Waals surface area contributed by atoms with Gasteiger partial charge < -0.3 is 14.2 Å². The minimum Gasteiger partial charge on any atom is -0.463 e. The van der Waals surface area contributed by atoms with Crippen LogP contribution in [-0.2, 0) is 23.8 Å². The van der Waals surface area contributed by atoms with Gasteiger partial charge in [0.1, 0.15) is 25.0 Å². The Hall–Kier alpha value is -2.42. The number of hydrogen-bond donors (Lipinski definition) is 1. The van der Waals surface area contributed by atoms with Gasteiger partial charge in [0.25, 0.3) is 5.56 Å². The zero-order chi connectivity index (χ0) is 20.3. The van der Waals surface area contributed by atoms with E-state index in [1.165, 1.54) is 10.8 Å². The van der Waals surface area contributed by atoms with Crippen molar-refractivity contribution in [3.8, 4) is 0 Å². The lowest BCUT2D eigenvalue weighted by atomic mass is 10.1. The summed E-state index contributed by atoms with van der Waals surface area (Å²) in [6, 6.07) is 0. The third kappa shape index (κ3) is 5.06. The number of H-pyrrole nitrogens is 1. The van der Waals surface area contributed by atoms with Crippen molar-refractivity contribution in [2.75, 3.05) is 6.61 Å². The Morgan fingerprint density at radius 3 is 2.44 bits per heavy atom. The van der Waals surface area contributed by atoms with E-state index in [4.69, 9.17) is 14.2 Å². The zero-order valence-corrected chi connectivity index (χ0v) is 16.2. The van der Waals surface area contributed by atoms with Crippen LogP contribution in [0.15, 0.2) is 15.8 Å². The predicted octanol–water partition coefficient (Wildman–Crippen LogP) is 0.900. The molecule has 1 aromatic heterocycles. The molecule has 0 spiro atoms. The molecule has 1 aliphatic heterocycles. The quantitative estimate of drug-likeness (QED) is 0.727. The Morgan fingerprint density at radius 2 is 1.85 bits per heavy atom. The second-order valence-corrected chi connectivity index (χ2v) is 7.26. The number of nitrogens with zero attached hydrogens (tertiary/aromatic N) is 1. The van der Waals surface area contributed by atoms with Crippen molar-refractivity contribution in [1.82, 2.24) is 9.55 Å².